The molecule has 0 aliphatic carbocycles. The molecule has 0 aromatic heterocycles. The van der Waals surface area contributed by atoms with E-state index in [9.17, 15) is 26.7 Å². The van der Waals surface area contributed by atoms with Crippen molar-refractivity contribution in [3.63, 3.8) is 0 Å². The van der Waals surface area contributed by atoms with Gasteiger partial charge in [0, 0.05) is 18.2 Å². The molecule has 0 radical (unpaired) electrons. The highest BCUT2D eigenvalue weighted by Gasteiger charge is 2.30. The smallest absolute Gasteiger partial charge is 0.298 e. The van der Waals surface area contributed by atoms with Crippen LogP contribution in [-0.2, 0) is 17.5 Å². The van der Waals surface area contributed by atoms with E-state index in [4.69, 9.17) is 5.21 Å². The van der Waals surface area contributed by atoms with E-state index in [1.54, 1.807) is 0 Å². The number of rotatable bonds is 5. The molecule has 0 bridgehead atoms. The standard InChI is InChI=1S/C16H13F5N2O2/c17-11-4-5-12(13(18)7-11)14(15(24)23-25)22-8-9-2-1-3-10(6-9)16(19,20)21/h1-7,14,22,25H,8H2,(H,23,24). The largest absolute Gasteiger partial charge is 0.416 e. The van der Waals surface area contributed by atoms with Gasteiger partial charge in [-0.15, -0.1) is 0 Å². The van der Waals surface area contributed by atoms with Gasteiger partial charge in [-0.25, -0.2) is 14.3 Å². The predicted molar refractivity (Wildman–Crippen MR) is 77.3 cm³/mol. The Morgan fingerprint density at radius 2 is 1.84 bits per heavy atom. The first-order valence-corrected chi connectivity index (χ1v) is 7.01. The van der Waals surface area contributed by atoms with Gasteiger partial charge in [0.1, 0.15) is 17.7 Å². The van der Waals surface area contributed by atoms with Crippen LogP contribution in [-0.4, -0.2) is 11.1 Å². The van der Waals surface area contributed by atoms with Crippen molar-refractivity contribution in [1.82, 2.24) is 10.8 Å². The number of benzene rings is 2. The SMILES string of the molecule is O=C(NO)C(NCc1cccc(C(F)(F)F)c1)c1ccc(F)cc1F. The first-order chi connectivity index (χ1) is 11.7. The third kappa shape index (κ3) is 4.74. The topological polar surface area (TPSA) is 61.4 Å². The summed E-state index contributed by atoms with van der Waals surface area (Å²) in [5, 5.41) is 11.3. The molecule has 1 amide bonds. The van der Waals surface area contributed by atoms with E-state index in [1.807, 2.05) is 0 Å². The molecule has 2 aromatic carbocycles. The summed E-state index contributed by atoms with van der Waals surface area (Å²) in [6.45, 7) is -0.223. The molecule has 0 aliphatic heterocycles. The Kier molecular flexibility index (Phi) is 5.70. The summed E-state index contributed by atoms with van der Waals surface area (Å²) in [6.07, 6.45) is -4.53. The normalized spacial score (nSPS) is 12.7. The molecule has 0 fully saturated rings. The maximum atomic E-state index is 13.9. The quantitative estimate of drug-likeness (QED) is 0.436. The lowest BCUT2D eigenvalue weighted by atomic mass is 10.0. The van der Waals surface area contributed by atoms with Crippen LogP contribution in [0.25, 0.3) is 0 Å². The maximum absolute atomic E-state index is 13.9. The fourth-order valence-corrected chi connectivity index (χ4v) is 2.22. The van der Waals surface area contributed by atoms with Crippen LogP contribution in [0, 0.1) is 11.6 Å². The Labute approximate surface area is 139 Å². The van der Waals surface area contributed by atoms with E-state index in [0.717, 1.165) is 24.3 Å². The average Bonchev–Trinajstić information content (AvgIpc) is 2.55. The van der Waals surface area contributed by atoms with E-state index in [2.05, 4.69) is 5.32 Å². The van der Waals surface area contributed by atoms with Crippen molar-refractivity contribution in [3.8, 4) is 0 Å². The number of alkyl halides is 3. The molecule has 2 aromatic rings. The second-order valence-electron chi connectivity index (χ2n) is 5.15. The van der Waals surface area contributed by atoms with Crippen LogP contribution >= 0.6 is 0 Å². The minimum absolute atomic E-state index is 0.188. The first-order valence-electron chi connectivity index (χ1n) is 7.01. The lowest BCUT2D eigenvalue weighted by Crippen LogP contribution is -2.36. The Morgan fingerprint density at radius 3 is 2.44 bits per heavy atom. The molecule has 25 heavy (non-hydrogen) atoms. The van der Waals surface area contributed by atoms with Gasteiger partial charge in [0.25, 0.3) is 5.91 Å². The first kappa shape index (κ1) is 18.8. The van der Waals surface area contributed by atoms with Crippen molar-refractivity contribution in [2.75, 3.05) is 0 Å². The van der Waals surface area contributed by atoms with Gasteiger partial charge in [0.15, 0.2) is 0 Å². The van der Waals surface area contributed by atoms with Gasteiger partial charge in [-0.3, -0.25) is 15.3 Å². The van der Waals surface area contributed by atoms with Gasteiger partial charge in [0.05, 0.1) is 5.56 Å². The molecular weight excluding hydrogens is 347 g/mol. The van der Waals surface area contributed by atoms with E-state index in [1.165, 1.54) is 17.6 Å². The van der Waals surface area contributed by atoms with E-state index in [-0.39, 0.29) is 17.7 Å². The Balaban J connectivity index is 2.23. The number of amides is 1. The zero-order valence-corrected chi connectivity index (χ0v) is 12.6. The molecule has 0 aliphatic rings. The number of hydrogen-bond donors (Lipinski definition) is 3. The van der Waals surface area contributed by atoms with Gasteiger partial charge in [-0.05, 0) is 17.7 Å². The molecular formula is C16H13F5N2O2. The van der Waals surface area contributed by atoms with E-state index >= 15 is 0 Å². The molecule has 1 unspecified atom stereocenters. The second-order valence-corrected chi connectivity index (χ2v) is 5.15. The molecule has 0 saturated carbocycles. The summed E-state index contributed by atoms with van der Waals surface area (Å²) in [5.41, 5.74) is 0.387. The summed E-state index contributed by atoms with van der Waals surface area (Å²) in [7, 11) is 0. The Morgan fingerprint density at radius 1 is 1.12 bits per heavy atom. The van der Waals surface area contributed by atoms with Crippen molar-refractivity contribution >= 4 is 5.91 Å². The lowest BCUT2D eigenvalue weighted by Gasteiger charge is -2.18. The molecule has 0 heterocycles. The zero-order chi connectivity index (χ0) is 18.6. The Bertz CT molecular complexity index is 764. The van der Waals surface area contributed by atoms with Gasteiger partial charge in [-0.1, -0.05) is 24.3 Å². The van der Waals surface area contributed by atoms with Crippen molar-refractivity contribution in [3.05, 3.63) is 70.8 Å². The van der Waals surface area contributed by atoms with Crippen LogP contribution in [0.2, 0.25) is 0 Å². The summed E-state index contributed by atoms with van der Waals surface area (Å²) in [5.74, 6) is -2.94. The number of nitrogens with one attached hydrogen (secondary N) is 2. The highest BCUT2D eigenvalue weighted by Crippen LogP contribution is 2.29. The average molecular weight is 360 g/mol. The molecule has 9 heteroatoms. The molecule has 3 N–H and O–H groups in total. The van der Waals surface area contributed by atoms with Crippen molar-refractivity contribution in [2.24, 2.45) is 0 Å². The fourth-order valence-electron chi connectivity index (χ4n) is 2.22. The van der Waals surface area contributed by atoms with Crippen molar-refractivity contribution in [1.29, 1.82) is 0 Å². The minimum Gasteiger partial charge on any atom is -0.298 e. The van der Waals surface area contributed by atoms with Crippen molar-refractivity contribution in [2.45, 2.75) is 18.8 Å². The summed E-state index contributed by atoms with van der Waals surface area (Å²) in [4.78, 5) is 11.7. The van der Waals surface area contributed by atoms with Gasteiger partial charge >= 0.3 is 6.18 Å². The molecule has 0 saturated heterocycles. The number of carbonyl (C=O) groups is 1. The minimum atomic E-state index is -4.53. The maximum Gasteiger partial charge on any atom is 0.416 e. The molecule has 134 valence electrons. The van der Waals surface area contributed by atoms with E-state index in [0.29, 0.717) is 6.07 Å². The van der Waals surface area contributed by atoms with Crippen LogP contribution in [0.4, 0.5) is 22.0 Å². The Hall–Kier alpha value is -2.52. The monoisotopic (exact) mass is 360 g/mol. The summed E-state index contributed by atoms with van der Waals surface area (Å²) < 4.78 is 64.9. The highest BCUT2D eigenvalue weighted by molar-refractivity contribution is 5.82. The van der Waals surface area contributed by atoms with Crippen molar-refractivity contribution < 1.29 is 32.0 Å². The molecule has 1 atom stereocenters. The molecule has 4 nitrogen and oxygen atoms in total. The summed E-state index contributed by atoms with van der Waals surface area (Å²) in [6, 6.07) is 5.39. The van der Waals surface area contributed by atoms with Crippen LogP contribution < -0.4 is 10.8 Å². The third-order valence-electron chi connectivity index (χ3n) is 3.41. The third-order valence-corrected chi connectivity index (χ3v) is 3.41. The lowest BCUT2D eigenvalue weighted by molar-refractivity contribution is -0.137. The number of hydroxylamine groups is 1. The number of halogens is 5. The molecule has 0 spiro atoms. The number of carbonyl (C=O) groups excluding carboxylic acids is 1. The zero-order valence-electron chi connectivity index (χ0n) is 12.6. The van der Waals surface area contributed by atoms with Crippen LogP contribution in [0.15, 0.2) is 42.5 Å². The fraction of sp³-hybridized carbons (Fsp3) is 0.188. The van der Waals surface area contributed by atoms with Crippen LogP contribution in [0.5, 0.6) is 0 Å². The van der Waals surface area contributed by atoms with Gasteiger partial charge in [0.2, 0.25) is 0 Å². The highest BCUT2D eigenvalue weighted by atomic mass is 19.4. The molecule has 2 rings (SSSR count). The second kappa shape index (κ2) is 7.58. The van der Waals surface area contributed by atoms with Gasteiger partial charge < -0.3 is 0 Å². The predicted octanol–water partition coefficient (Wildman–Crippen LogP) is 3.32. The van der Waals surface area contributed by atoms with Gasteiger partial charge in [-0.2, -0.15) is 13.2 Å². The summed E-state index contributed by atoms with van der Waals surface area (Å²) >= 11 is 0. The van der Waals surface area contributed by atoms with Crippen LogP contribution in [0.1, 0.15) is 22.7 Å². The van der Waals surface area contributed by atoms with Crippen LogP contribution in [0.3, 0.4) is 0 Å². The number of hydrogen-bond acceptors (Lipinski definition) is 3. The van der Waals surface area contributed by atoms with E-state index < -0.39 is 35.3 Å².